The smallest absolute Gasteiger partial charge is 0.264 e. The molecule has 0 atom stereocenters. The van der Waals surface area contributed by atoms with E-state index in [2.05, 4.69) is 44.3 Å². The summed E-state index contributed by atoms with van der Waals surface area (Å²) in [6, 6.07) is 11.1. The van der Waals surface area contributed by atoms with Crippen molar-refractivity contribution in [2.45, 2.75) is 71.3 Å². The number of benzene rings is 2. The number of ether oxygens (including phenoxy) is 4. The predicted molar refractivity (Wildman–Crippen MR) is 175 cm³/mol. The highest BCUT2D eigenvalue weighted by molar-refractivity contribution is 7.85. The van der Waals surface area contributed by atoms with Gasteiger partial charge in [0.15, 0.2) is 6.79 Å². The second kappa shape index (κ2) is 15.1. The summed E-state index contributed by atoms with van der Waals surface area (Å²) >= 11 is 0. The van der Waals surface area contributed by atoms with Crippen molar-refractivity contribution < 1.29 is 31.5 Å². The maximum Gasteiger partial charge on any atom is 0.264 e. The molecular weight excluding hydrogens is 605 g/mol. The third kappa shape index (κ3) is 11.6. The Morgan fingerprint density at radius 1 is 0.907 bits per heavy atom. The summed E-state index contributed by atoms with van der Waals surface area (Å²) in [4.78, 5) is 18.2. The molecule has 1 aromatic heterocycles. The van der Waals surface area contributed by atoms with Crippen LogP contribution in [0.1, 0.15) is 11.1 Å². The first kappa shape index (κ1) is 35.1. The molecule has 238 valence electrons. The molecule has 0 aliphatic heterocycles. The van der Waals surface area contributed by atoms with Crippen molar-refractivity contribution in [2.24, 2.45) is 0 Å². The van der Waals surface area contributed by atoms with Crippen molar-refractivity contribution in [1.29, 1.82) is 0 Å². The van der Waals surface area contributed by atoms with Crippen LogP contribution in [0.2, 0.25) is 51.4 Å². The van der Waals surface area contributed by atoms with Gasteiger partial charge in [-0.2, -0.15) is 8.42 Å². The first-order chi connectivity index (χ1) is 20.1. The van der Waals surface area contributed by atoms with Gasteiger partial charge in [0.25, 0.3) is 15.7 Å². The Morgan fingerprint density at radius 3 is 2.21 bits per heavy atom. The maximum atomic E-state index is 13.7. The molecule has 0 spiro atoms. The lowest BCUT2D eigenvalue weighted by atomic mass is 9.96. The van der Waals surface area contributed by atoms with Crippen LogP contribution < -0.4 is 10.3 Å². The number of fused-ring (bicyclic) bond motifs is 1. The Labute approximate surface area is 257 Å². The van der Waals surface area contributed by atoms with E-state index in [1.807, 2.05) is 18.2 Å². The Morgan fingerprint density at radius 2 is 1.58 bits per heavy atom. The Kier molecular flexibility index (Phi) is 12.3. The monoisotopic (exact) mass is 650 g/mol. The third-order valence-electron chi connectivity index (χ3n) is 6.63. The Hall–Kier alpha value is -2.40. The standard InChI is InChI=1S/C30H46N2O8SSi2/c1-36-19-25-15-23(18-40-41(2,34)35)9-10-26(25)24-16-27-29(28(17-24)39-22-38-12-14-43(6,7)8)31-20-32(30(27)33)21-37-11-13-42(3,4)5/h9-10,15-17,20H,11-14,18-19,21-22H2,1-8H3. The average Bonchev–Trinajstić information content (AvgIpc) is 2.89. The molecule has 13 heteroatoms. The van der Waals surface area contributed by atoms with E-state index in [1.165, 1.54) is 10.9 Å². The van der Waals surface area contributed by atoms with E-state index in [4.69, 9.17) is 23.1 Å². The number of rotatable bonds is 17. The third-order valence-corrected chi connectivity index (χ3v) is 10.6. The zero-order valence-corrected chi connectivity index (χ0v) is 29.5. The van der Waals surface area contributed by atoms with Gasteiger partial charge in [-0.05, 0) is 46.5 Å². The van der Waals surface area contributed by atoms with E-state index >= 15 is 0 Å². The fourth-order valence-corrected chi connectivity index (χ4v) is 6.01. The lowest BCUT2D eigenvalue weighted by Crippen LogP contribution is -2.25. The van der Waals surface area contributed by atoms with Crippen LogP contribution in [0.15, 0.2) is 41.5 Å². The second-order valence-electron chi connectivity index (χ2n) is 13.1. The first-order valence-electron chi connectivity index (χ1n) is 14.3. The topological polar surface area (TPSA) is 115 Å². The van der Waals surface area contributed by atoms with Gasteiger partial charge >= 0.3 is 0 Å². The summed E-state index contributed by atoms with van der Waals surface area (Å²) in [6.45, 7) is 15.2. The molecule has 0 saturated carbocycles. The van der Waals surface area contributed by atoms with Crippen molar-refractivity contribution in [2.75, 3.05) is 33.4 Å². The van der Waals surface area contributed by atoms with Crippen molar-refractivity contribution in [3.05, 3.63) is 58.1 Å². The molecule has 10 nitrogen and oxygen atoms in total. The summed E-state index contributed by atoms with van der Waals surface area (Å²) in [7, 11) is -4.54. The number of nitrogens with zero attached hydrogens (tertiary/aromatic N) is 2. The molecular formula is C30H46N2O8SSi2. The summed E-state index contributed by atoms with van der Waals surface area (Å²) in [5.74, 6) is 0.428. The molecule has 0 saturated heterocycles. The van der Waals surface area contributed by atoms with Crippen LogP contribution in [0.25, 0.3) is 22.0 Å². The highest BCUT2D eigenvalue weighted by Crippen LogP contribution is 2.33. The van der Waals surface area contributed by atoms with Crippen LogP contribution in [0.3, 0.4) is 0 Å². The minimum absolute atomic E-state index is 0.0281. The largest absolute Gasteiger partial charge is 0.465 e. The van der Waals surface area contributed by atoms with Crippen molar-refractivity contribution in [3.63, 3.8) is 0 Å². The van der Waals surface area contributed by atoms with Gasteiger partial charge in [-0.3, -0.25) is 13.5 Å². The van der Waals surface area contributed by atoms with Crippen LogP contribution >= 0.6 is 0 Å². The van der Waals surface area contributed by atoms with Gasteiger partial charge in [-0.25, -0.2) is 4.98 Å². The van der Waals surface area contributed by atoms with Gasteiger partial charge in [0.1, 0.15) is 24.3 Å². The zero-order chi connectivity index (χ0) is 31.8. The van der Waals surface area contributed by atoms with E-state index in [0.29, 0.717) is 35.4 Å². The molecule has 0 amide bonds. The summed E-state index contributed by atoms with van der Waals surface area (Å²) in [5.41, 5.74) is 3.20. The molecule has 0 bridgehead atoms. The lowest BCUT2D eigenvalue weighted by Gasteiger charge is -2.17. The second-order valence-corrected chi connectivity index (χ2v) is 26.0. The molecule has 0 radical (unpaired) electrons. The molecule has 3 rings (SSSR count). The fraction of sp³-hybridized carbons (Fsp3) is 0.533. The molecule has 0 N–H and O–H groups in total. The molecule has 0 aliphatic carbocycles. The zero-order valence-electron chi connectivity index (χ0n) is 26.7. The van der Waals surface area contributed by atoms with Crippen LogP contribution in [-0.4, -0.2) is 67.5 Å². The quantitative estimate of drug-likeness (QED) is 0.0787. The normalized spacial score (nSPS) is 12.7. The van der Waals surface area contributed by atoms with E-state index in [0.717, 1.165) is 35.0 Å². The van der Waals surface area contributed by atoms with Crippen LogP contribution in [0.5, 0.6) is 5.75 Å². The molecule has 0 fully saturated rings. The summed E-state index contributed by atoms with van der Waals surface area (Å²) in [6.07, 6.45) is 2.51. The molecule has 43 heavy (non-hydrogen) atoms. The summed E-state index contributed by atoms with van der Waals surface area (Å²) in [5, 5.41) is 0.388. The van der Waals surface area contributed by atoms with Gasteiger partial charge in [-0.1, -0.05) is 57.5 Å². The molecule has 0 aliphatic rings. The number of hydrogen-bond acceptors (Lipinski definition) is 9. The molecule has 1 heterocycles. The van der Waals surface area contributed by atoms with E-state index in [-0.39, 0.29) is 32.3 Å². The van der Waals surface area contributed by atoms with Gasteiger partial charge in [0, 0.05) is 36.5 Å². The average molecular weight is 651 g/mol. The van der Waals surface area contributed by atoms with Crippen molar-refractivity contribution >= 4 is 37.2 Å². The molecule has 0 unspecified atom stereocenters. The van der Waals surface area contributed by atoms with Crippen LogP contribution in [-0.2, 0) is 48.5 Å². The predicted octanol–water partition coefficient (Wildman–Crippen LogP) is 5.69. The van der Waals surface area contributed by atoms with E-state index in [1.54, 1.807) is 19.2 Å². The summed E-state index contributed by atoms with van der Waals surface area (Å²) < 4.78 is 52.6. The van der Waals surface area contributed by atoms with E-state index < -0.39 is 26.3 Å². The molecule has 3 aromatic rings. The maximum absolute atomic E-state index is 13.7. The van der Waals surface area contributed by atoms with Crippen LogP contribution in [0.4, 0.5) is 0 Å². The van der Waals surface area contributed by atoms with Gasteiger partial charge < -0.3 is 18.9 Å². The highest BCUT2D eigenvalue weighted by atomic mass is 32.2. The Bertz CT molecular complexity index is 1550. The number of methoxy groups -OCH3 is 1. The van der Waals surface area contributed by atoms with Crippen molar-refractivity contribution in [3.8, 4) is 16.9 Å². The SMILES string of the molecule is COCc1cc(COS(C)(=O)=O)ccc1-c1cc(OCOCC[Si](C)(C)C)c2ncn(COCC[Si](C)(C)C)c(=O)c2c1. The van der Waals surface area contributed by atoms with Crippen LogP contribution in [0, 0.1) is 0 Å². The molecule has 2 aromatic carbocycles. The fourth-order valence-electron chi connectivity index (χ4n) is 4.15. The minimum atomic E-state index is -3.60. The first-order valence-corrected chi connectivity index (χ1v) is 23.6. The highest BCUT2D eigenvalue weighted by Gasteiger charge is 2.17. The van der Waals surface area contributed by atoms with Crippen molar-refractivity contribution in [1.82, 2.24) is 9.55 Å². The number of aromatic nitrogens is 2. The van der Waals surface area contributed by atoms with Gasteiger partial charge in [0.05, 0.1) is 24.9 Å². The number of hydrogen-bond donors (Lipinski definition) is 0. The Balaban J connectivity index is 2.01. The van der Waals surface area contributed by atoms with Gasteiger partial charge in [0.2, 0.25) is 0 Å². The van der Waals surface area contributed by atoms with Gasteiger partial charge in [-0.15, -0.1) is 0 Å². The lowest BCUT2D eigenvalue weighted by molar-refractivity contribution is 0.0228. The minimum Gasteiger partial charge on any atom is -0.465 e. The van der Waals surface area contributed by atoms with E-state index in [9.17, 15) is 13.2 Å².